The molecule has 0 spiro atoms. The first-order valence-electron chi connectivity index (χ1n) is 9.21. The Bertz CT molecular complexity index is 603. The van der Waals surface area contributed by atoms with Gasteiger partial charge >= 0.3 is 6.03 Å². The van der Waals surface area contributed by atoms with Gasteiger partial charge in [-0.3, -0.25) is 4.79 Å². The average molecular weight is 382 g/mol. The molecule has 1 aliphatic rings. The number of rotatable bonds is 6. The van der Waals surface area contributed by atoms with E-state index in [1.54, 1.807) is 30.3 Å². The lowest BCUT2D eigenvalue weighted by atomic mass is 9.89. The smallest absolute Gasteiger partial charge is 0.318 e. The van der Waals surface area contributed by atoms with Gasteiger partial charge in [-0.2, -0.15) is 0 Å². The first-order chi connectivity index (χ1) is 12.2. The van der Waals surface area contributed by atoms with Gasteiger partial charge in [0.05, 0.1) is 24.6 Å². The highest BCUT2D eigenvalue weighted by Crippen LogP contribution is 2.28. The van der Waals surface area contributed by atoms with Crippen LogP contribution >= 0.6 is 11.3 Å². The molecule has 1 aliphatic heterocycles. The Balaban J connectivity index is 2.02. The Kier molecular flexibility index (Phi) is 7.06. The van der Waals surface area contributed by atoms with E-state index in [4.69, 9.17) is 0 Å². The summed E-state index contributed by atoms with van der Waals surface area (Å²) in [5.74, 6) is 0.337. The Hall–Kier alpha value is -1.60. The molecule has 1 aromatic heterocycles. The molecule has 146 valence electrons. The molecule has 1 saturated heterocycles. The molecule has 0 aliphatic carbocycles. The maximum absolute atomic E-state index is 12.8. The highest BCUT2D eigenvalue weighted by molar-refractivity contribution is 7.10. The van der Waals surface area contributed by atoms with Gasteiger partial charge in [-0.05, 0) is 36.6 Å². The third-order valence-electron chi connectivity index (χ3n) is 4.71. The third kappa shape index (κ3) is 5.71. The predicted molar refractivity (Wildman–Crippen MR) is 104 cm³/mol. The Morgan fingerprint density at radius 2 is 2.15 bits per heavy atom. The second kappa shape index (κ2) is 8.86. The maximum atomic E-state index is 12.8. The van der Waals surface area contributed by atoms with Crippen LogP contribution in [0.25, 0.3) is 0 Å². The fourth-order valence-electron chi connectivity index (χ4n) is 3.32. The summed E-state index contributed by atoms with van der Waals surface area (Å²) in [5, 5.41) is 15.9. The molecular weight excluding hydrogens is 350 g/mol. The number of likely N-dealkylation sites (tertiary alicyclic amines) is 1. The van der Waals surface area contributed by atoms with Gasteiger partial charge in [-0.1, -0.05) is 19.9 Å². The molecule has 2 heterocycles. The van der Waals surface area contributed by atoms with Gasteiger partial charge in [0.25, 0.3) is 0 Å². The minimum Gasteiger partial charge on any atom is -0.387 e. The van der Waals surface area contributed by atoms with Crippen molar-refractivity contribution in [2.24, 2.45) is 5.92 Å². The molecule has 0 saturated carbocycles. The SMILES string of the molecule is CC(C)CC(NC(=O)N1CCCC(O)(CC(=O)N(C)C)C1)c1cccs1. The number of carbonyl (C=O) groups is 2. The standard InChI is InChI=1S/C19H31N3O3S/c1-14(2)11-15(16-7-5-10-26-16)20-18(24)22-9-6-8-19(25,13-22)12-17(23)21(3)4/h5,7,10,14-15,25H,6,8-9,11-13H2,1-4H3,(H,20,24). The zero-order valence-electron chi connectivity index (χ0n) is 16.2. The van der Waals surface area contributed by atoms with E-state index in [9.17, 15) is 14.7 Å². The molecule has 0 aromatic carbocycles. The van der Waals surface area contributed by atoms with E-state index < -0.39 is 5.60 Å². The van der Waals surface area contributed by atoms with Crippen LogP contribution in [-0.4, -0.2) is 59.6 Å². The quantitative estimate of drug-likeness (QED) is 0.796. The number of piperidine rings is 1. The minimum absolute atomic E-state index is 0.0269. The fraction of sp³-hybridized carbons (Fsp3) is 0.684. The van der Waals surface area contributed by atoms with Crippen molar-refractivity contribution >= 4 is 23.3 Å². The van der Waals surface area contributed by atoms with Gasteiger partial charge in [0.15, 0.2) is 0 Å². The second-order valence-corrected chi connectivity index (χ2v) is 8.84. The summed E-state index contributed by atoms with van der Waals surface area (Å²) in [4.78, 5) is 29.1. The number of nitrogens with one attached hydrogen (secondary N) is 1. The van der Waals surface area contributed by atoms with E-state index >= 15 is 0 Å². The number of hydrogen-bond acceptors (Lipinski definition) is 4. The summed E-state index contributed by atoms with van der Waals surface area (Å²) >= 11 is 1.64. The molecule has 2 atom stereocenters. The molecule has 7 heteroatoms. The summed E-state index contributed by atoms with van der Waals surface area (Å²) in [6.45, 7) is 5.07. The number of amides is 3. The maximum Gasteiger partial charge on any atom is 0.318 e. The molecule has 3 amide bonds. The average Bonchev–Trinajstić information content (AvgIpc) is 3.07. The topological polar surface area (TPSA) is 72.9 Å². The van der Waals surface area contributed by atoms with E-state index in [1.807, 2.05) is 17.5 Å². The van der Waals surface area contributed by atoms with Gasteiger partial charge in [-0.15, -0.1) is 11.3 Å². The predicted octanol–water partition coefficient (Wildman–Crippen LogP) is 2.85. The summed E-state index contributed by atoms with van der Waals surface area (Å²) < 4.78 is 0. The molecule has 0 bridgehead atoms. The highest BCUT2D eigenvalue weighted by Gasteiger charge is 2.38. The van der Waals surface area contributed by atoms with Crippen molar-refractivity contribution in [3.05, 3.63) is 22.4 Å². The number of carbonyl (C=O) groups excluding carboxylic acids is 2. The number of hydrogen-bond donors (Lipinski definition) is 2. The van der Waals surface area contributed by atoms with Crippen LogP contribution in [0.1, 0.15) is 50.4 Å². The van der Waals surface area contributed by atoms with E-state index in [1.165, 1.54) is 4.90 Å². The number of β-amino-alcohol motifs (C(OH)–C–C–N with tert-alkyl or cyclic N) is 1. The summed E-state index contributed by atoms with van der Waals surface area (Å²) in [5.41, 5.74) is -1.15. The van der Waals surface area contributed by atoms with E-state index in [0.29, 0.717) is 25.3 Å². The second-order valence-electron chi connectivity index (χ2n) is 7.86. The van der Waals surface area contributed by atoms with E-state index in [-0.39, 0.29) is 30.9 Å². The highest BCUT2D eigenvalue weighted by atomic mass is 32.1. The van der Waals surface area contributed by atoms with Crippen LogP contribution in [0.3, 0.4) is 0 Å². The Labute approximate surface area is 160 Å². The molecule has 1 aromatic rings. The van der Waals surface area contributed by atoms with Crippen LogP contribution in [0.4, 0.5) is 4.79 Å². The van der Waals surface area contributed by atoms with Crippen molar-refractivity contribution in [2.75, 3.05) is 27.2 Å². The number of aliphatic hydroxyl groups is 1. The Morgan fingerprint density at radius 3 is 2.73 bits per heavy atom. The molecule has 2 rings (SSSR count). The van der Waals surface area contributed by atoms with Gasteiger partial charge in [0.1, 0.15) is 0 Å². The van der Waals surface area contributed by atoms with Gasteiger partial charge < -0.3 is 20.2 Å². The largest absolute Gasteiger partial charge is 0.387 e. The summed E-state index contributed by atoms with van der Waals surface area (Å²) in [6.07, 6.45) is 2.14. The zero-order valence-corrected chi connectivity index (χ0v) is 17.0. The van der Waals surface area contributed by atoms with Crippen LogP contribution in [-0.2, 0) is 4.79 Å². The molecule has 2 N–H and O–H groups in total. The van der Waals surface area contributed by atoms with Crippen LogP contribution in [0.2, 0.25) is 0 Å². The molecule has 26 heavy (non-hydrogen) atoms. The molecule has 0 radical (unpaired) electrons. The molecule has 6 nitrogen and oxygen atoms in total. The zero-order chi connectivity index (χ0) is 19.3. The summed E-state index contributed by atoms with van der Waals surface area (Å²) in [7, 11) is 3.35. The van der Waals surface area contributed by atoms with Crippen molar-refractivity contribution in [3.8, 4) is 0 Å². The first-order valence-corrected chi connectivity index (χ1v) is 10.1. The third-order valence-corrected chi connectivity index (χ3v) is 5.70. The lowest BCUT2D eigenvalue weighted by Gasteiger charge is -2.39. The fourth-order valence-corrected chi connectivity index (χ4v) is 4.11. The lowest BCUT2D eigenvalue weighted by Crippen LogP contribution is -2.54. The van der Waals surface area contributed by atoms with Crippen molar-refractivity contribution in [3.63, 3.8) is 0 Å². The van der Waals surface area contributed by atoms with Gasteiger partial charge in [0.2, 0.25) is 5.91 Å². The Morgan fingerprint density at radius 1 is 1.42 bits per heavy atom. The van der Waals surface area contributed by atoms with Crippen LogP contribution in [0.5, 0.6) is 0 Å². The van der Waals surface area contributed by atoms with E-state index in [0.717, 1.165) is 11.3 Å². The van der Waals surface area contributed by atoms with Gasteiger partial charge in [-0.25, -0.2) is 4.79 Å². The number of thiophene rings is 1. The van der Waals surface area contributed by atoms with Gasteiger partial charge in [0, 0.05) is 25.5 Å². The molecular formula is C19H31N3O3S. The van der Waals surface area contributed by atoms with Crippen LogP contribution in [0, 0.1) is 5.92 Å². The van der Waals surface area contributed by atoms with Crippen molar-refractivity contribution in [1.82, 2.24) is 15.1 Å². The summed E-state index contributed by atoms with van der Waals surface area (Å²) in [6, 6.07) is 3.84. The minimum atomic E-state index is -1.15. The number of urea groups is 1. The first kappa shape index (κ1) is 20.7. The number of nitrogens with zero attached hydrogens (tertiary/aromatic N) is 2. The van der Waals surface area contributed by atoms with Crippen molar-refractivity contribution in [2.45, 2.75) is 51.2 Å². The van der Waals surface area contributed by atoms with Crippen molar-refractivity contribution in [1.29, 1.82) is 0 Å². The normalized spacial score (nSPS) is 21.5. The van der Waals surface area contributed by atoms with E-state index in [2.05, 4.69) is 19.2 Å². The molecule has 2 unspecified atom stereocenters. The molecule has 1 fully saturated rings. The van der Waals surface area contributed by atoms with Crippen LogP contribution < -0.4 is 5.32 Å². The van der Waals surface area contributed by atoms with Crippen LogP contribution in [0.15, 0.2) is 17.5 Å². The van der Waals surface area contributed by atoms with Crippen molar-refractivity contribution < 1.29 is 14.7 Å². The lowest BCUT2D eigenvalue weighted by molar-refractivity contribution is -0.135. The monoisotopic (exact) mass is 381 g/mol.